The quantitative estimate of drug-likeness (QED) is 0.298. The van der Waals surface area contributed by atoms with Crippen LogP contribution in [0.5, 0.6) is 5.75 Å². The van der Waals surface area contributed by atoms with Crippen LogP contribution in [0.3, 0.4) is 0 Å². The van der Waals surface area contributed by atoms with Crippen molar-refractivity contribution in [3.63, 3.8) is 0 Å². The fourth-order valence-electron chi connectivity index (χ4n) is 2.08. The highest BCUT2D eigenvalue weighted by Crippen LogP contribution is 2.41. The topological polar surface area (TPSA) is 94.1 Å². The molecule has 0 aliphatic carbocycles. The SMILES string of the molecule is CC(C)COC(=O)[C@H](C)NP(=O)(O)OOc1c(Cl)ccc2ccccc12. The molecule has 0 amide bonds. The lowest BCUT2D eigenvalue weighted by Crippen LogP contribution is -2.34. The lowest BCUT2D eigenvalue weighted by molar-refractivity contribution is -0.147. The fraction of sp³-hybridized carbons (Fsp3) is 0.353. The van der Waals surface area contributed by atoms with E-state index in [-0.39, 0.29) is 23.3 Å². The number of nitrogens with one attached hydrogen (secondary N) is 1. The molecule has 0 bridgehead atoms. The maximum absolute atomic E-state index is 12.1. The first-order chi connectivity index (χ1) is 12.2. The Morgan fingerprint density at radius 2 is 1.92 bits per heavy atom. The van der Waals surface area contributed by atoms with Gasteiger partial charge in [0.25, 0.3) is 0 Å². The second-order valence-corrected chi connectivity index (χ2v) is 8.01. The summed E-state index contributed by atoms with van der Waals surface area (Å²) in [6, 6.07) is 9.50. The molecule has 142 valence electrons. The van der Waals surface area contributed by atoms with Gasteiger partial charge in [-0.2, -0.15) is 0 Å². The summed E-state index contributed by atoms with van der Waals surface area (Å²) in [5, 5.41) is 3.82. The van der Waals surface area contributed by atoms with E-state index in [9.17, 15) is 14.3 Å². The van der Waals surface area contributed by atoms with Gasteiger partial charge >= 0.3 is 13.7 Å². The van der Waals surface area contributed by atoms with Crippen LogP contribution in [0.1, 0.15) is 20.8 Å². The van der Waals surface area contributed by atoms with Crippen molar-refractivity contribution < 1.29 is 28.6 Å². The molecule has 26 heavy (non-hydrogen) atoms. The van der Waals surface area contributed by atoms with Crippen LogP contribution in [0.4, 0.5) is 0 Å². The minimum atomic E-state index is -4.44. The fourth-order valence-corrected chi connectivity index (χ4v) is 3.09. The maximum atomic E-state index is 12.1. The Bertz CT molecular complexity index is 828. The van der Waals surface area contributed by atoms with Gasteiger partial charge in [0.15, 0.2) is 5.75 Å². The molecule has 1 unspecified atom stereocenters. The number of carbonyl (C=O) groups is 1. The molecule has 2 rings (SSSR count). The van der Waals surface area contributed by atoms with E-state index >= 15 is 0 Å². The third kappa shape index (κ3) is 5.69. The van der Waals surface area contributed by atoms with Gasteiger partial charge in [0, 0.05) is 5.39 Å². The Morgan fingerprint density at radius 1 is 1.23 bits per heavy atom. The number of ether oxygens (including phenoxy) is 1. The smallest absolute Gasteiger partial charge is 0.440 e. The first-order valence-electron chi connectivity index (χ1n) is 8.00. The van der Waals surface area contributed by atoms with Gasteiger partial charge in [-0.15, -0.1) is 0 Å². The van der Waals surface area contributed by atoms with E-state index in [0.29, 0.717) is 5.39 Å². The summed E-state index contributed by atoms with van der Waals surface area (Å²) in [6.07, 6.45) is 0. The standard InChI is InChI=1S/C17H21ClNO6P/c1-11(2)10-23-17(20)12(3)19-26(21,22)25-24-16-14-7-5-4-6-13(14)8-9-15(16)18/h4-9,11-12H,10H2,1-3H3,(H2,19,21,22)/t12-/m0/s1. The molecule has 0 saturated heterocycles. The van der Waals surface area contributed by atoms with Crippen molar-refractivity contribution in [2.45, 2.75) is 26.8 Å². The molecule has 0 spiro atoms. The number of hydrogen-bond donors (Lipinski definition) is 2. The molecule has 2 N–H and O–H groups in total. The minimum absolute atomic E-state index is 0.107. The monoisotopic (exact) mass is 401 g/mol. The van der Waals surface area contributed by atoms with Crippen LogP contribution in [0, 0.1) is 5.92 Å². The predicted octanol–water partition coefficient (Wildman–Crippen LogP) is 4.08. The highest BCUT2D eigenvalue weighted by atomic mass is 35.5. The molecule has 2 aromatic rings. The average molecular weight is 402 g/mol. The van der Waals surface area contributed by atoms with E-state index in [4.69, 9.17) is 21.2 Å². The lowest BCUT2D eigenvalue weighted by atomic mass is 10.1. The number of halogens is 1. The van der Waals surface area contributed by atoms with Crippen molar-refractivity contribution >= 4 is 36.1 Å². The number of benzene rings is 2. The Morgan fingerprint density at radius 3 is 2.62 bits per heavy atom. The zero-order valence-corrected chi connectivity index (χ0v) is 16.3. The minimum Gasteiger partial charge on any atom is -0.464 e. The summed E-state index contributed by atoms with van der Waals surface area (Å²) in [7, 11) is -4.44. The highest BCUT2D eigenvalue weighted by molar-refractivity contribution is 7.50. The van der Waals surface area contributed by atoms with E-state index in [1.165, 1.54) is 6.92 Å². The summed E-state index contributed by atoms with van der Waals surface area (Å²) in [6.45, 7) is 5.36. The summed E-state index contributed by atoms with van der Waals surface area (Å²) in [5.41, 5.74) is 0. The number of fused-ring (bicyclic) bond motifs is 1. The average Bonchev–Trinajstić information content (AvgIpc) is 2.58. The summed E-state index contributed by atoms with van der Waals surface area (Å²) in [4.78, 5) is 26.7. The molecule has 0 radical (unpaired) electrons. The Balaban J connectivity index is 2.03. The van der Waals surface area contributed by atoms with Gasteiger partial charge in [0.1, 0.15) is 6.04 Å². The van der Waals surface area contributed by atoms with Gasteiger partial charge in [0.2, 0.25) is 0 Å². The van der Waals surface area contributed by atoms with E-state index < -0.39 is 19.8 Å². The molecule has 0 fully saturated rings. The third-order valence-electron chi connectivity index (χ3n) is 3.32. The Labute approximate surface area is 156 Å². The third-order valence-corrected chi connectivity index (χ3v) is 4.61. The van der Waals surface area contributed by atoms with E-state index in [1.54, 1.807) is 24.3 Å². The van der Waals surface area contributed by atoms with Crippen LogP contribution >= 0.6 is 19.3 Å². The van der Waals surface area contributed by atoms with Crippen LogP contribution in [0.25, 0.3) is 10.8 Å². The largest absolute Gasteiger partial charge is 0.464 e. The molecule has 2 atom stereocenters. The van der Waals surface area contributed by atoms with Crippen LogP contribution in [-0.2, 0) is 18.8 Å². The van der Waals surface area contributed by atoms with Crippen molar-refractivity contribution in [2.75, 3.05) is 6.61 Å². The first kappa shape index (κ1) is 20.7. The normalized spacial score (nSPS) is 14.8. The summed E-state index contributed by atoms with van der Waals surface area (Å²) in [5.74, 6) is -0.407. The first-order valence-corrected chi connectivity index (χ1v) is 9.96. The van der Waals surface area contributed by atoms with Crippen LogP contribution in [0.2, 0.25) is 5.02 Å². The zero-order valence-electron chi connectivity index (χ0n) is 14.6. The summed E-state index contributed by atoms with van der Waals surface area (Å²) >= 11 is 6.09. The number of hydrogen-bond acceptors (Lipinski definition) is 5. The van der Waals surface area contributed by atoms with Crippen molar-refractivity contribution in [3.05, 3.63) is 41.4 Å². The molecule has 0 aromatic heterocycles. The van der Waals surface area contributed by atoms with Crippen molar-refractivity contribution in [3.8, 4) is 5.75 Å². The van der Waals surface area contributed by atoms with E-state index in [0.717, 1.165) is 5.39 Å². The molecule has 2 aromatic carbocycles. The van der Waals surface area contributed by atoms with Gasteiger partial charge in [-0.3, -0.25) is 4.79 Å². The zero-order chi connectivity index (χ0) is 19.3. The molecular formula is C17H21ClNO6P. The Kier molecular flexibility index (Phi) is 7.03. The van der Waals surface area contributed by atoms with E-state index in [1.807, 2.05) is 26.0 Å². The molecule has 0 aliphatic heterocycles. The Hall–Kier alpha value is -1.63. The number of esters is 1. The number of carbonyl (C=O) groups excluding carboxylic acids is 1. The van der Waals surface area contributed by atoms with Crippen molar-refractivity contribution in [1.29, 1.82) is 0 Å². The molecule has 0 saturated carbocycles. The van der Waals surface area contributed by atoms with E-state index in [2.05, 4.69) is 9.76 Å². The molecule has 9 heteroatoms. The van der Waals surface area contributed by atoms with Crippen LogP contribution in [0.15, 0.2) is 36.4 Å². The highest BCUT2D eigenvalue weighted by Gasteiger charge is 2.29. The van der Waals surface area contributed by atoms with Crippen LogP contribution in [-0.4, -0.2) is 23.5 Å². The van der Waals surface area contributed by atoms with Gasteiger partial charge in [0.05, 0.1) is 11.6 Å². The van der Waals surface area contributed by atoms with Crippen molar-refractivity contribution in [1.82, 2.24) is 5.09 Å². The molecule has 7 nitrogen and oxygen atoms in total. The number of rotatable bonds is 8. The maximum Gasteiger partial charge on any atom is 0.440 e. The van der Waals surface area contributed by atoms with Gasteiger partial charge in [-0.05, 0) is 24.3 Å². The van der Waals surface area contributed by atoms with Crippen molar-refractivity contribution in [2.24, 2.45) is 5.92 Å². The predicted molar refractivity (Wildman–Crippen MR) is 98.9 cm³/mol. The van der Waals surface area contributed by atoms with Gasteiger partial charge in [-0.1, -0.05) is 60.5 Å². The molecule has 0 heterocycles. The summed E-state index contributed by atoms with van der Waals surface area (Å²) < 4.78 is 21.8. The lowest BCUT2D eigenvalue weighted by Gasteiger charge is -2.18. The van der Waals surface area contributed by atoms with Crippen LogP contribution < -0.4 is 9.97 Å². The molecular weight excluding hydrogens is 381 g/mol. The second kappa shape index (κ2) is 8.84. The van der Waals surface area contributed by atoms with Gasteiger partial charge < -0.3 is 14.5 Å². The molecule has 0 aliphatic rings. The van der Waals surface area contributed by atoms with Gasteiger partial charge in [-0.25, -0.2) is 9.65 Å². The second-order valence-electron chi connectivity index (χ2n) is 6.15.